The number of hydrogen-bond acceptors (Lipinski definition) is 3. The van der Waals surface area contributed by atoms with Crippen molar-refractivity contribution in [3.05, 3.63) is 77.5 Å². The minimum Gasteiger partial charge on any atom is -0.355 e. The summed E-state index contributed by atoms with van der Waals surface area (Å²) < 4.78 is 30.9. The van der Waals surface area contributed by atoms with E-state index >= 15 is 0 Å². The largest absolute Gasteiger partial charge is 0.355 e. The lowest BCUT2D eigenvalue weighted by atomic mass is 10.1. The lowest BCUT2D eigenvalue weighted by Crippen LogP contribution is -2.22. The molecule has 1 aromatic heterocycles. The van der Waals surface area contributed by atoms with E-state index in [2.05, 4.69) is 10.5 Å². The predicted molar refractivity (Wildman–Crippen MR) is 79.5 cm³/mol. The first-order chi connectivity index (χ1) is 11.1. The van der Waals surface area contributed by atoms with Crippen molar-refractivity contribution < 1.29 is 18.1 Å². The highest BCUT2D eigenvalue weighted by Crippen LogP contribution is 2.23. The molecule has 2 aromatic carbocycles. The van der Waals surface area contributed by atoms with E-state index in [4.69, 9.17) is 4.52 Å². The molecule has 1 amide bonds. The van der Waals surface area contributed by atoms with Crippen LogP contribution in [0.15, 0.2) is 59.3 Å². The smallest absolute Gasteiger partial charge is 0.257 e. The third-order valence-electron chi connectivity index (χ3n) is 3.29. The van der Waals surface area contributed by atoms with Gasteiger partial charge < -0.3 is 9.84 Å². The van der Waals surface area contributed by atoms with Gasteiger partial charge >= 0.3 is 0 Å². The Balaban J connectivity index is 1.74. The fourth-order valence-electron chi connectivity index (χ4n) is 2.09. The molecule has 1 N–H and O–H groups in total. The summed E-state index contributed by atoms with van der Waals surface area (Å²) in [7, 11) is 0. The van der Waals surface area contributed by atoms with Crippen molar-refractivity contribution >= 4 is 5.91 Å². The number of rotatable bonds is 4. The Kier molecular flexibility index (Phi) is 4.14. The summed E-state index contributed by atoms with van der Waals surface area (Å²) in [6.45, 7) is 0.243. The summed E-state index contributed by atoms with van der Waals surface area (Å²) in [4.78, 5) is 12.2. The minimum atomic E-state index is -0.380. The maximum absolute atomic E-state index is 13.0. The molecule has 0 fully saturated rings. The van der Waals surface area contributed by atoms with Gasteiger partial charge in [0.2, 0.25) is 0 Å². The van der Waals surface area contributed by atoms with Crippen molar-refractivity contribution in [3.63, 3.8) is 0 Å². The highest BCUT2D eigenvalue weighted by molar-refractivity contribution is 5.99. The van der Waals surface area contributed by atoms with E-state index in [1.165, 1.54) is 42.6 Å². The molecule has 116 valence electrons. The van der Waals surface area contributed by atoms with Crippen LogP contribution in [0.1, 0.15) is 15.9 Å². The minimum absolute atomic E-state index is 0.243. The number of amides is 1. The molecule has 0 aliphatic rings. The summed E-state index contributed by atoms with van der Waals surface area (Å²) in [6, 6.07) is 11.4. The van der Waals surface area contributed by atoms with Crippen LogP contribution in [0, 0.1) is 11.6 Å². The molecule has 1 heterocycles. The van der Waals surface area contributed by atoms with Gasteiger partial charge in [0.15, 0.2) is 5.76 Å². The number of halogens is 2. The Morgan fingerprint density at radius 1 is 1.00 bits per heavy atom. The van der Waals surface area contributed by atoms with Gasteiger partial charge in [-0.1, -0.05) is 17.3 Å². The molecule has 0 bridgehead atoms. The zero-order chi connectivity index (χ0) is 16.2. The molecular formula is C17H12F2N2O2. The van der Waals surface area contributed by atoms with Gasteiger partial charge in [-0.3, -0.25) is 4.79 Å². The van der Waals surface area contributed by atoms with E-state index in [9.17, 15) is 13.6 Å². The second kappa shape index (κ2) is 6.39. The fourth-order valence-corrected chi connectivity index (χ4v) is 2.09. The molecule has 0 aliphatic carbocycles. The van der Waals surface area contributed by atoms with Crippen molar-refractivity contribution in [1.29, 1.82) is 0 Å². The van der Waals surface area contributed by atoms with Crippen LogP contribution < -0.4 is 5.32 Å². The van der Waals surface area contributed by atoms with E-state index in [0.717, 1.165) is 5.56 Å². The molecule has 0 aliphatic heterocycles. The first kappa shape index (κ1) is 14.9. The van der Waals surface area contributed by atoms with E-state index in [1.54, 1.807) is 12.1 Å². The first-order valence-corrected chi connectivity index (χ1v) is 6.87. The normalized spacial score (nSPS) is 10.5. The molecular weight excluding hydrogens is 302 g/mol. The number of aromatic nitrogens is 1. The zero-order valence-corrected chi connectivity index (χ0v) is 11.9. The van der Waals surface area contributed by atoms with Crippen LogP contribution in [0.5, 0.6) is 0 Å². The van der Waals surface area contributed by atoms with Gasteiger partial charge in [-0.25, -0.2) is 8.78 Å². The van der Waals surface area contributed by atoms with Gasteiger partial charge in [0.1, 0.15) is 17.2 Å². The maximum atomic E-state index is 13.0. The van der Waals surface area contributed by atoms with Crippen molar-refractivity contribution in [2.75, 3.05) is 0 Å². The predicted octanol–water partition coefficient (Wildman–Crippen LogP) is 3.55. The van der Waals surface area contributed by atoms with Gasteiger partial charge in [-0.15, -0.1) is 0 Å². The fraction of sp³-hybridized carbons (Fsp3) is 0.0588. The van der Waals surface area contributed by atoms with Gasteiger partial charge in [-0.2, -0.15) is 0 Å². The average molecular weight is 314 g/mol. The Labute approximate surface area is 130 Å². The van der Waals surface area contributed by atoms with Crippen molar-refractivity contribution in [2.45, 2.75) is 6.54 Å². The maximum Gasteiger partial charge on any atom is 0.257 e. The Morgan fingerprint density at radius 3 is 2.26 bits per heavy atom. The molecule has 23 heavy (non-hydrogen) atoms. The number of carbonyl (C=O) groups excluding carboxylic acids is 1. The lowest BCUT2D eigenvalue weighted by molar-refractivity contribution is 0.0951. The Bertz CT molecular complexity index is 811. The van der Waals surface area contributed by atoms with Gasteiger partial charge in [-0.05, 0) is 42.0 Å². The van der Waals surface area contributed by atoms with Gasteiger partial charge in [0, 0.05) is 12.1 Å². The van der Waals surface area contributed by atoms with Gasteiger partial charge in [0.25, 0.3) is 5.91 Å². The second-order valence-electron chi connectivity index (χ2n) is 4.88. The molecule has 3 rings (SSSR count). The van der Waals surface area contributed by atoms with Crippen LogP contribution in [0.3, 0.4) is 0 Å². The molecule has 0 saturated heterocycles. The molecule has 3 aromatic rings. The molecule has 0 spiro atoms. The summed E-state index contributed by atoms with van der Waals surface area (Å²) in [6.07, 6.45) is 1.30. The number of nitrogens with zero attached hydrogens (tertiary/aromatic N) is 1. The van der Waals surface area contributed by atoms with Crippen LogP contribution in [0.25, 0.3) is 11.3 Å². The van der Waals surface area contributed by atoms with Crippen LogP contribution >= 0.6 is 0 Å². The third-order valence-corrected chi connectivity index (χ3v) is 3.29. The Hall–Kier alpha value is -3.02. The number of nitrogens with one attached hydrogen (secondary N) is 1. The molecule has 0 saturated carbocycles. The van der Waals surface area contributed by atoms with Crippen molar-refractivity contribution in [1.82, 2.24) is 10.5 Å². The van der Waals surface area contributed by atoms with E-state index in [-0.39, 0.29) is 35.4 Å². The van der Waals surface area contributed by atoms with Crippen molar-refractivity contribution in [2.24, 2.45) is 0 Å². The lowest BCUT2D eigenvalue weighted by Gasteiger charge is -2.05. The quantitative estimate of drug-likeness (QED) is 0.801. The molecule has 0 radical (unpaired) electrons. The first-order valence-electron chi connectivity index (χ1n) is 6.87. The second-order valence-corrected chi connectivity index (χ2v) is 4.88. The van der Waals surface area contributed by atoms with Crippen LogP contribution in [0.4, 0.5) is 8.78 Å². The molecule has 4 nitrogen and oxygen atoms in total. The SMILES string of the molecule is O=C(NCc1ccc(F)cc1)c1cnoc1-c1ccc(F)cc1. The molecule has 0 unspecified atom stereocenters. The summed E-state index contributed by atoms with van der Waals surface area (Å²) in [5.41, 5.74) is 1.56. The van der Waals surface area contributed by atoms with E-state index in [1.807, 2.05) is 0 Å². The average Bonchev–Trinajstić information content (AvgIpc) is 3.04. The van der Waals surface area contributed by atoms with E-state index in [0.29, 0.717) is 5.56 Å². The van der Waals surface area contributed by atoms with Crippen LogP contribution in [0.2, 0.25) is 0 Å². The number of carbonyl (C=O) groups is 1. The van der Waals surface area contributed by atoms with Crippen LogP contribution in [-0.4, -0.2) is 11.1 Å². The molecule has 6 heteroatoms. The summed E-state index contributed by atoms with van der Waals surface area (Å²) in [5.74, 6) is -0.829. The number of hydrogen-bond donors (Lipinski definition) is 1. The topological polar surface area (TPSA) is 55.1 Å². The standard InChI is InChI=1S/C17H12F2N2O2/c18-13-5-1-11(2-6-13)9-20-17(22)15-10-21-23-16(15)12-3-7-14(19)8-4-12/h1-8,10H,9H2,(H,20,22). The third kappa shape index (κ3) is 3.42. The van der Waals surface area contributed by atoms with Gasteiger partial charge in [0.05, 0.1) is 6.20 Å². The summed E-state index contributed by atoms with van der Waals surface area (Å²) >= 11 is 0. The van der Waals surface area contributed by atoms with Crippen LogP contribution in [-0.2, 0) is 6.54 Å². The number of benzene rings is 2. The summed E-state index contributed by atoms with van der Waals surface area (Å²) in [5, 5.41) is 6.34. The van der Waals surface area contributed by atoms with Crippen molar-refractivity contribution in [3.8, 4) is 11.3 Å². The molecule has 0 atom stereocenters. The van der Waals surface area contributed by atoms with E-state index < -0.39 is 0 Å². The zero-order valence-electron chi connectivity index (χ0n) is 11.9. The monoisotopic (exact) mass is 314 g/mol. The highest BCUT2D eigenvalue weighted by atomic mass is 19.1. The highest BCUT2D eigenvalue weighted by Gasteiger charge is 2.17. The Morgan fingerprint density at radius 2 is 1.61 bits per heavy atom.